The number of carbonyl (C=O) groups is 2. The van der Waals surface area contributed by atoms with Gasteiger partial charge in [0.25, 0.3) is 0 Å². The van der Waals surface area contributed by atoms with Gasteiger partial charge in [-0.15, -0.1) is 12.4 Å². The number of amides is 2. The topological polar surface area (TPSA) is 84.2 Å². The normalized spacial score (nSPS) is 11.3. The lowest BCUT2D eigenvalue weighted by Gasteiger charge is -2.10. The van der Waals surface area contributed by atoms with Gasteiger partial charge in [0.2, 0.25) is 11.8 Å². The van der Waals surface area contributed by atoms with Crippen molar-refractivity contribution in [2.24, 2.45) is 5.73 Å². The highest BCUT2D eigenvalue weighted by Crippen LogP contribution is 2.20. The van der Waals surface area contributed by atoms with Crippen molar-refractivity contribution in [1.29, 1.82) is 0 Å². The van der Waals surface area contributed by atoms with E-state index in [9.17, 15) is 9.59 Å². The zero-order chi connectivity index (χ0) is 15.8. The van der Waals surface area contributed by atoms with Crippen molar-refractivity contribution in [3.63, 3.8) is 0 Å². The molecule has 2 amide bonds. The van der Waals surface area contributed by atoms with Crippen LogP contribution in [0.1, 0.15) is 31.7 Å². The Morgan fingerprint density at radius 3 is 2.59 bits per heavy atom. The number of benzene rings is 1. The van der Waals surface area contributed by atoms with Crippen LogP contribution in [0.4, 0.5) is 5.69 Å². The summed E-state index contributed by atoms with van der Waals surface area (Å²) in [6.07, 6.45) is 1.29. The Morgan fingerprint density at radius 1 is 1.27 bits per heavy atom. The number of aryl methyl sites for hydroxylation is 1. The van der Waals surface area contributed by atoms with Gasteiger partial charge in [-0.25, -0.2) is 0 Å². The molecule has 1 unspecified atom stereocenters. The van der Waals surface area contributed by atoms with E-state index in [1.807, 2.05) is 32.0 Å². The highest BCUT2D eigenvalue weighted by molar-refractivity contribution is 9.10. The summed E-state index contributed by atoms with van der Waals surface area (Å²) in [7, 11) is 0. The Hall–Kier alpha value is -1.11. The molecule has 0 saturated heterocycles. The largest absolute Gasteiger partial charge is 0.356 e. The van der Waals surface area contributed by atoms with Crippen LogP contribution in [0, 0.1) is 6.92 Å². The maximum absolute atomic E-state index is 11.8. The molecule has 1 rings (SSSR count). The van der Waals surface area contributed by atoms with Gasteiger partial charge in [0.15, 0.2) is 0 Å². The minimum absolute atomic E-state index is 0. The van der Waals surface area contributed by atoms with Crippen molar-refractivity contribution < 1.29 is 9.59 Å². The van der Waals surface area contributed by atoms with Crippen molar-refractivity contribution in [3.05, 3.63) is 28.2 Å². The first kappa shape index (κ1) is 20.9. The Balaban J connectivity index is 0.00000441. The summed E-state index contributed by atoms with van der Waals surface area (Å²) in [6.45, 7) is 4.12. The minimum Gasteiger partial charge on any atom is -0.356 e. The molecule has 0 saturated carbocycles. The molecule has 0 aliphatic heterocycles. The maximum atomic E-state index is 11.8. The average Bonchev–Trinajstić information content (AvgIpc) is 2.40. The van der Waals surface area contributed by atoms with E-state index < -0.39 is 0 Å². The molecule has 0 heterocycles. The van der Waals surface area contributed by atoms with E-state index >= 15 is 0 Å². The third-order valence-electron chi connectivity index (χ3n) is 2.97. The third-order valence-corrected chi connectivity index (χ3v) is 3.47. The number of anilines is 1. The van der Waals surface area contributed by atoms with Crippen LogP contribution in [0.2, 0.25) is 0 Å². The standard InChI is InChI=1S/C15H22BrN3O2.ClH/c1-10-3-5-12(16)9-13(10)19-15(21)7-8-18-14(20)6-4-11(2)17;/h3,5,9,11H,4,6-8,17H2,1-2H3,(H,18,20)(H,19,21);1H. The Kier molecular flexibility index (Phi) is 10.1. The van der Waals surface area contributed by atoms with Crippen molar-refractivity contribution >= 4 is 45.8 Å². The fourth-order valence-electron chi connectivity index (χ4n) is 1.70. The second-order valence-electron chi connectivity index (χ2n) is 5.12. The molecule has 0 radical (unpaired) electrons. The van der Waals surface area contributed by atoms with Crippen LogP contribution < -0.4 is 16.4 Å². The second kappa shape index (κ2) is 10.6. The predicted octanol–water partition coefficient (Wildman–Crippen LogP) is 2.75. The Labute approximate surface area is 145 Å². The van der Waals surface area contributed by atoms with E-state index in [2.05, 4.69) is 26.6 Å². The molecule has 124 valence electrons. The van der Waals surface area contributed by atoms with Crippen LogP contribution in [-0.4, -0.2) is 24.4 Å². The first-order valence-corrected chi connectivity index (χ1v) is 7.76. The summed E-state index contributed by atoms with van der Waals surface area (Å²) in [4.78, 5) is 23.3. The van der Waals surface area contributed by atoms with Crippen molar-refractivity contribution in [3.8, 4) is 0 Å². The van der Waals surface area contributed by atoms with E-state index in [1.165, 1.54) is 0 Å². The lowest BCUT2D eigenvalue weighted by Crippen LogP contribution is -2.29. The predicted molar refractivity (Wildman–Crippen MR) is 95.3 cm³/mol. The minimum atomic E-state index is -0.122. The van der Waals surface area contributed by atoms with E-state index in [-0.39, 0.29) is 36.7 Å². The fraction of sp³-hybridized carbons (Fsp3) is 0.467. The number of nitrogens with one attached hydrogen (secondary N) is 2. The summed E-state index contributed by atoms with van der Waals surface area (Å²) in [5, 5.41) is 5.55. The molecule has 0 spiro atoms. The van der Waals surface area contributed by atoms with E-state index in [0.29, 0.717) is 19.4 Å². The zero-order valence-electron chi connectivity index (χ0n) is 12.8. The molecule has 7 heteroatoms. The van der Waals surface area contributed by atoms with Crippen LogP contribution in [0.15, 0.2) is 22.7 Å². The zero-order valence-corrected chi connectivity index (χ0v) is 15.2. The van der Waals surface area contributed by atoms with Gasteiger partial charge in [-0.2, -0.15) is 0 Å². The average molecular weight is 393 g/mol. The van der Waals surface area contributed by atoms with E-state index in [4.69, 9.17) is 5.73 Å². The molecule has 1 atom stereocenters. The summed E-state index contributed by atoms with van der Waals surface area (Å²) in [6, 6.07) is 5.71. The summed E-state index contributed by atoms with van der Waals surface area (Å²) in [5.41, 5.74) is 7.35. The van der Waals surface area contributed by atoms with Crippen molar-refractivity contribution in [2.45, 2.75) is 39.2 Å². The maximum Gasteiger partial charge on any atom is 0.226 e. The van der Waals surface area contributed by atoms with Gasteiger partial charge >= 0.3 is 0 Å². The van der Waals surface area contributed by atoms with Gasteiger partial charge in [0.05, 0.1) is 0 Å². The molecule has 0 aliphatic carbocycles. The molecule has 0 fully saturated rings. The van der Waals surface area contributed by atoms with E-state index in [0.717, 1.165) is 15.7 Å². The molecule has 0 bridgehead atoms. The first-order valence-electron chi connectivity index (χ1n) is 6.96. The van der Waals surface area contributed by atoms with Crippen LogP contribution in [-0.2, 0) is 9.59 Å². The number of halogens is 2. The van der Waals surface area contributed by atoms with Crippen LogP contribution >= 0.6 is 28.3 Å². The highest BCUT2D eigenvalue weighted by Gasteiger charge is 2.07. The van der Waals surface area contributed by atoms with Crippen molar-refractivity contribution in [2.75, 3.05) is 11.9 Å². The number of hydrogen-bond acceptors (Lipinski definition) is 3. The van der Waals surface area contributed by atoms with Gasteiger partial charge in [-0.05, 0) is 38.0 Å². The SMILES string of the molecule is Cc1ccc(Br)cc1NC(=O)CCNC(=O)CCC(C)N.Cl. The number of carbonyl (C=O) groups excluding carboxylic acids is 2. The molecule has 22 heavy (non-hydrogen) atoms. The first-order chi connectivity index (χ1) is 9.88. The summed E-state index contributed by atoms with van der Waals surface area (Å²) < 4.78 is 0.910. The summed E-state index contributed by atoms with van der Waals surface area (Å²) >= 11 is 3.37. The van der Waals surface area contributed by atoms with Crippen LogP contribution in [0.3, 0.4) is 0 Å². The monoisotopic (exact) mass is 391 g/mol. The van der Waals surface area contributed by atoms with Gasteiger partial charge in [0.1, 0.15) is 0 Å². The second-order valence-corrected chi connectivity index (χ2v) is 6.04. The van der Waals surface area contributed by atoms with E-state index in [1.54, 1.807) is 0 Å². The number of hydrogen-bond donors (Lipinski definition) is 3. The Morgan fingerprint density at radius 2 is 1.95 bits per heavy atom. The third kappa shape index (κ3) is 8.36. The van der Waals surface area contributed by atoms with Crippen molar-refractivity contribution in [1.82, 2.24) is 5.32 Å². The molecule has 5 nitrogen and oxygen atoms in total. The molecule has 0 aromatic heterocycles. The fourth-order valence-corrected chi connectivity index (χ4v) is 2.07. The number of nitrogens with two attached hydrogens (primary N) is 1. The van der Waals surface area contributed by atoms with Gasteiger partial charge < -0.3 is 16.4 Å². The molecule has 4 N–H and O–H groups in total. The lowest BCUT2D eigenvalue weighted by molar-refractivity contribution is -0.121. The Bertz CT molecular complexity index is 510. The molecular weight excluding hydrogens is 370 g/mol. The molecule has 1 aromatic carbocycles. The van der Waals surface area contributed by atoms with Crippen LogP contribution in [0.25, 0.3) is 0 Å². The quantitative estimate of drug-likeness (QED) is 0.667. The van der Waals surface area contributed by atoms with Gasteiger partial charge in [-0.1, -0.05) is 22.0 Å². The lowest BCUT2D eigenvalue weighted by atomic mass is 10.2. The van der Waals surface area contributed by atoms with Gasteiger partial charge in [0, 0.05) is 35.6 Å². The molecule has 1 aromatic rings. The smallest absolute Gasteiger partial charge is 0.226 e. The molecule has 0 aliphatic rings. The van der Waals surface area contributed by atoms with Crippen LogP contribution in [0.5, 0.6) is 0 Å². The molecular formula is C15H23BrClN3O2. The number of rotatable bonds is 7. The summed E-state index contributed by atoms with van der Waals surface area (Å²) in [5.74, 6) is -0.192. The highest BCUT2D eigenvalue weighted by atomic mass is 79.9. The van der Waals surface area contributed by atoms with Gasteiger partial charge in [-0.3, -0.25) is 9.59 Å².